The van der Waals surface area contributed by atoms with E-state index in [2.05, 4.69) is 12.2 Å². The van der Waals surface area contributed by atoms with Crippen molar-refractivity contribution >= 4 is 23.1 Å². The third-order valence-corrected chi connectivity index (χ3v) is 6.22. The molecule has 0 bridgehead atoms. The topological polar surface area (TPSA) is 77.0 Å². The summed E-state index contributed by atoms with van der Waals surface area (Å²) in [7, 11) is 1.57. The van der Waals surface area contributed by atoms with Gasteiger partial charge in [-0.15, -0.1) is 0 Å². The molecule has 1 aliphatic carbocycles. The van der Waals surface area contributed by atoms with Gasteiger partial charge in [0.25, 0.3) is 5.91 Å². The maximum Gasteiger partial charge on any atom is 0.254 e. The van der Waals surface area contributed by atoms with Crippen LogP contribution in [0.4, 0.5) is 5.69 Å². The molecule has 1 N–H and O–H groups in total. The molecule has 172 valence electrons. The largest absolute Gasteiger partial charge is 0.495 e. The zero-order chi connectivity index (χ0) is 23.4. The molecule has 0 aromatic heterocycles. The second-order valence-corrected chi connectivity index (χ2v) is 8.45. The summed E-state index contributed by atoms with van der Waals surface area (Å²) < 4.78 is 11.1. The molecular formula is C27H30N2O4. The van der Waals surface area contributed by atoms with E-state index in [9.17, 15) is 9.59 Å². The van der Waals surface area contributed by atoms with Gasteiger partial charge in [-0.2, -0.15) is 0 Å². The van der Waals surface area contributed by atoms with Gasteiger partial charge in [0.1, 0.15) is 17.3 Å². The molecule has 1 fully saturated rings. The molecule has 0 saturated heterocycles. The number of hydrogen-bond donors (Lipinski definition) is 1. The van der Waals surface area contributed by atoms with Crippen molar-refractivity contribution in [1.82, 2.24) is 0 Å². The van der Waals surface area contributed by atoms with Gasteiger partial charge in [-0.05, 0) is 56.0 Å². The van der Waals surface area contributed by atoms with Crippen LogP contribution in [0.2, 0.25) is 0 Å². The molecule has 2 aliphatic rings. The number of hydrogen-bond acceptors (Lipinski definition) is 5. The highest BCUT2D eigenvalue weighted by Crippen LogP contribution is 2.43. The number of benzene rings is 2. The van der Waals surface area contributed by atoms with Gasteiger partial charge in [-0.1, -0.05) is 31.2 Å². The Morgan fingerprint density at radius 1 is 1.09 bits per heavy atom. The maximum absolute atomic E-state index is 13.6. The normalized spacial score (nSPS) is 20.1. The van der Waals surface area contributed by atoms with Crippen LogP contribution in [0.25, 0.3) is 0 Å². The molecule has 1 saturated carbocycles. The molecule has 1 amide bonds. The number of nitrogens with zero attached hydrogens (tertiary/aromatic N) is 1. The number of fused-ring (bicyclic) bond motifs is 1. The standard InChI is InChI=1S/C27H30N2O4/c1-4-16-33-19-14-12-18(13-15-19)25-24(17(2)28-21-9-7-10-22(30)26(21)25)27(31)29-20-8-5-6-11-23(20)32-3/h5-6,8,11-15,25-26H,4,7,9-10,16H2,1-3H3,(H,29,31)/t25-,26?/m1/s1. The average Bonchev–Trinajstić information content (AvgIpc) is 2.82. The van der Waals surface area contributed by atoms with E-state index in [-0.39, 0.29) is 17.6 Å². The van der Waals surface area contributed by atoms with E-state index in [1.165, 1.54) is 0 Å². The first kappa shape index (κ1) is 22.8. The number of anilines is 1. The first-order valence-corrected chi connectivity index (χ1v) is 11.5. The molecule has 1 heterocycles. The molecule has 4 rings (SSSR count). The summed E-state index contributed by atoms with van der Waals surface area (Å²) in [5.41, 5.74) is 3.55. The van der Waals surface area contributed by atoms with Gasteiger partial charge in [0.05, 0.1) is 25.3 Å². The van der Waals surface area contributed by atoms with Crippen LogP contribution in [0.15, 0.2) is 64.8 Å². The van der Waals surface area contributed by atoms with Gasteiger partial charge < -0.3 is 14.8 Å². The molecule has 0 radical (unpaired) electrons. The van der Waals surface area contributed by atoms with Gasteiger partial charge in [-0.25, -0.2) is 0 Å². The number of ketones is 1. The van der Waals surface area contributed by atoms with Crippen LogP contribution < -0.4 is 14.8 Å². The highest BCUT2D eigenvalue weighted by atomic mass is 16.5. The Hall–Kier alpha value is -3.41. The zero-order valence-electron chi connectivity index (χ0n) is 19.4. The van der Waals surface area contributed by atoms with Gasteiger partial charge in [0.15, 0.2) is 0 Å². The van der Waals surface area contributed by atoms with Crippen LogP contribution in [0.5, 0.6) is 11.5 Å². The van der Waals surface area contributed by atoms with Crippen molar-refractivity contribution in [2.45, 2.75) is 45.4 Å². The molecule has 2 atom stereocenters. The Bertz CT molecular complexity index is 1100. The molecule has 2 aromatic carbocycles. The fourth-order valence-corrected chi connectivity index (χ4v) is 4.71. The van der Waals surface area contributed by atoms with Crippen molar-refractivity contribution < 1.29 is 19.1 Å². The van der Waals surface area contributed by atoms with Crippen LogP contribution in [0, 0.1) is 5.92 Å². The molecule has 2 aromatic rings. The van der Waals surface area contributed by atoms with Crippen molar-refractivity contribution in [2.75, 3.05) is 19.0 Å². The van der Waals surface area contributed by atoms with E-state index in [0.29, 0.717) is 35.7 Å². The van der Waals surface area contributed by atoms with Crippen LogP contribution in [0.1, 0.15) is 51.0 Å². The number of allylic oxidation sites excluding steroid dienone is 1. The Labute approximate surface area is 194 Å². The van der Waals surface area contributed by atoms with Crippen molar-refractivity contribution in [3.63, 3.8) is 0 Å². The number of para-hydroxylation sites is 2. The lowest BCUT2D eigenvalue weighted by molar-refractivity contribution is -0.122. The Morgan fingerprint density at radius 3 is 2.58 bits per heavy atom. The van der Waals surface area contributed by atoms with E-state index in [1.54, 1.807) is 19.2 Å². The number of aliphatic imine (C=N–C) groups is 1. The van der Waals surface area contributed by atoms with Gasteiger partial charge in [-0.3, -0.25) is 14.6 Å². The first-order valence-electron chi connectivity index (χ1n) is 11.5. The zero-order valence-corrected chi connectivity index (χ0v) is 19.4. The van der Waals surface area contributed by atoms with E-state index in [0.717, 1.165) is 36.3 Å². The molecule has 6 heteroatoms. The summed E-state index contributed by atoms with van der Waals surface area (Å²) in [5.74, 6) is 0.428. The van der Waals surface area contributed by atoms with Crippen LogP contribution in [0.3, 0.4) is 0 Å². The highest BCUT2D eigenvalue weighted by molar-refractivity contribution is 6.14. The Balaban J connectivity index is 1.74. The summed E-state index contributed by atoms with van der Waals surface area (Å²) in [6.45, 7) is 4.56. The summed E-state index contributed by atoms with van der Waals surface area (Å²) >= 11 is 0. The number of methoxy groups -OCH3 is 1. The Morgan fingerprint density at radius 2 is 1.85 bits per heavy atom. The molecule has 1 aliphatic heterocycles. The molecular weight excluding hydrogens is 416 g/mol. The number of ether oxygens (including phenoxy) is 2. The average molecular weight is 447 g/mol. The minimum Gasteiger partial charge on any atom is -0.495 e. The summed E-state index contributed by atoms with van der Waals surface area (Å²) in [4.78, 5) is 31.4. The minimum atomic E-state index is -0.414. The number of nitrogens with one attached hydrogen (secondary N) is 1. The molecule has 1 unspecified atom stereocenters. The number of rotatable bonds is 7. The summed E-state index contributed by atoms with van der Waals surface area (Å²) in [5, 5.41) is 2.98. The first-order chi connectivity index (χ1) is 16.0. The van der Waals surface area contributed by atoms with Crippen LogP contribution in [-0.2, 0) is 9.59 Å². The third-order valence-electron chi connectivity index (χ3n) is 6.22. The van der Waals surface area contributed by atoms with E-state index >= 15 is 0 Å². The van der Waals surface area contributed by atoms with E-state index < -0.39 is 5.92 Å². The number of amides is 1. The predicted molar refractivity (Wildman–Crippen MR) is 129 cm³/mol. The third kappa shape index (κ3) is 4.70. The molecule has 0 spiro atoms. The smallest absolute Gasteiger partial charge is 0.254 e. The second-order valence-electron chi connectivity index (χ2n) is 8.45. The summed E-state index contributed by atoms with van der Waals surface area (Å²) in [6, 6.07) is 15.0. The van der Waals surface area contributed by atoms with Gasteiger partial charge >= 0.3 is 0 Å². The fourth-order valence-electron chi connectivity index (χ4n) is 4.71. The predicted octanol–water partition coefficient (Wildman–Crippen LogP) is 5.30. The van der Waals surface area contributed by atoms with E-state index in [1.807, 2.05) is 43.3 Å². The number of Topliss-reactive ketones (excluding diaryl/α,β-unsaturated/α-hetero) is 1. The summed E-state index contributed by atoms with van der Waals surface area (Å²) in [6.07, 6.45) is 3.03. The number of carbonyl (C=O) groups is 2. The number of carbonyl (C=O) groups excluding carboxylic acids is 2. The SMILES string of the molecule is CCCOc1ccc([C@@H]2C(C(=O)Nc3ccccc3OC)=C(C)N=C3CCCC(=O)C32)cc1. The monoisotopic (exact) mass is 446 g/mol. The second kappa shape index (κ2) is 10.0. The fraction of sp³-hybridized carbons (Fsp3) is 0.370. The maximum atomic E-state index is 13.6. The van der Waals surface area contributed by atoms with E-state index in [4.69, 9.17) is 14.5 Å². The molecule has 33 heavy (non-hydrogen) atoms. The lowest BCUT2D eigenvalue weighted by Crippen LogP contribution is -2.39. The van der Waals surface area contributed by atoms with Crippen molar-refractivity contribution in [3.8, 4) is 11.5 Å². The van der Waals surface area contributed by atoms with Crippen molar-refractivity contribution in [3.05, 3.63) is 65.4 Å². The lowest BCUT2D eigenvalue weighted by atomic mass is 9.69. The quantitative estimate of drug-likeness (QED) is 0.626. The van der Waals surface area contributed by atoms with Gasteiger partial charge in [0, 0.05) is 29.3 Å². The van der Waals surface area contributed by atoms with Crippen molar-refractivity contribution in [2.24, 2.45) is 10.9 Å². The highest BCUT2D eigenvalue weighted by Gasteiger charge is 2.43. The van der Waals surface area contributed by atoms with Crippen molar-refractivity contribution in [1.29, 1.82) is 0 Å². The van der Waals surface area contributed by atoms with Gasteiger partial charge in [0.2, 0.25) is 0 Å². The lowest BCUT2D eigenvalue weighted by Gasteiger charge is -2.36. The van der Waals surface area contributed by atoms with Crippen LogP contribution >= 0.6 is 0 Å². The minimum absolute atomic E-state index is 0.145. The molecule has 6 nitrogen and oxygen atoms in total. The van der Waals surface area contributed by atoms with Crippen LogP contribution in [-0.4, -0.2) is 31.1 Å². The Kier molecular flexibility index (Phi) is 6.92.